The van der Waals surface area contributed by atoms with Crippen molar-refractivity contribution >= 4 is 34.3 Å². The predicted octanol–water partition coefficient (Wildman–Crippen LogP) is 4.64. The summed E-state index contributed by atoms with van der Waals surface area (Å²) in [5.41, 5.74) is 2.21. The Balaban J connectivity index is 1.90. The van der Waals surface area contributed by atoms with Crippen LogP contribution in [0.5, 0.6) is 0 Å². The minimum atomic E-state index is -0.0690. The molecule has 0 atom stereocenters. The standard InChI is InChI=1S/C21H20ClN3O2S/c1-2-27-11-3-10-25-20(26)18-9-8-17(22)12-19(18)24-21(25)28-14-16-6-4-15(13-23)5-7-16/h4-9,12H,2-3,10-11,14H2,1H3. The minimum absolute atomic E-state index is 0.0690. The first-order valence-electron chi connectivity index (χ1n) is 9.02. The van der Waals surface area contributed by atoms with Crippen molar-refractivity contribution in [2.45, 2.75) is 30.8 Å². The Hall–Kier alpha value is -2.33. The van der Waals surface area contributed by atoms with Gasteiger partial charge in [0, 0.05) is 30.5 Å². The molecule has 0 fully saturated rings. The fourth-order valence-corrected chi connectivity index (χ4v) is 3.92. The Morgan fingerprint density at radius 2 is 2.04 bits per heavy atom. The van der Waals surface area contributed by atoms with Crippen molar-refractivity contribution in [2.75, 3.05) is 13.2 Å². The maximum absolute atomic E-state index is 13.0. The lowest BCUT2D eigenvalue weighted by molar-refractivity contribution is 0.140. The van der Waals surface area contributed by atoms with E-state index in [-0.39, 0.29) is 5.56 Å². The largest absolute Gasteiger partial charge is 0.382 e. The second kappa shape index (κ2) is 9.74. The van der Waals surface area contributed by atoms with Crippen LogP contribution >= 0.6 is 23.4 Å². The molecule has 0 radical (unpaired) electrons. The monoisotopic (exact) mass is 413 g/mol. The third kappa shape index (κ3) is 4.93. The molecule has 3 rings (SSSR count). The zero-order chi connectivity index (χ0) is 19.9. The Morgan fingerprint density at radius 1 is 1.25 bits per heavy atom. The van der Waals surface area contributed by atoms with Gasteiger partial charge in [-0.05, 0) is 49.2 Å². The SMILES string of the molecule is CCOCCCn1c(SCc2ccc(C#N)cc2)nc2cc(Cl)ccc2c1=O. The van der Waals surface area contributed by atoms with E-state index >= 15 is 0 Å². The van der Waals surface area contributed by atoms with E-state index in [1.54, 1.807) is 34.9 Å². The first-order chi connectivity index (χ1) is 13.6. The average molecular weight is 414 g/mol. The van der Waals surface area contributed by atoms with Gasteiger partial charge in [-0.1, -0.05) is 35.5 Å². The van der Waals surface area contributed by atoms with Crippen molar-refractivity contribution < 1.29 is 4.74 Å². The van der Waals surface area contributed by atoms with E-state index in [4.69, 9.17) is 26.6 Å². The molecule has 0 amide bonds. The van der Waals surface area contributed by atoms with Crippen LogP contribution in [0.1, 0.15) is 24.5 Å². The number of rotatable bonds is 8. The van der Waals surface area contributed by atoms with Crippen molar-refractivity contribution in [3.05, 3.63) is 69.0 Å². The van der Waals surface area contributed by atoms with Crippen LogP contribution < -0.4 is 5.56 Å². The van der Waals surface area contributed by atoms with Gasteiger partial charge in [-0.2, -0.15) is 5.26 Å². The highest BCUT2D eigenvalue weighted by atomic mass is 35.5. The van der Waals surface area contributed by atoms with Crippen LogP contribution in [0.4, 0.5) is 0 Å². The van der Waals surface area contributed by atoms with Crippen molar-refractivity contribution in [1.29, 1.82) is 5.26 Å². The number of hydrogen-bond donors (Lipinski definition) is 0. The first kappa shape index (κ1) is 20.4. The molecule has 3 aromatic rings. The van der Waals surface area contributed by atoms with Gasteiger partial charge in [0.05, 0.1) is 22.5 Å². The van der Waals surface area contributed by atoms with Crippen molar-refractivity contribution in [3.63, 3.8) is 0 Å². The summed E-state index contributed by atoms with van der Waals surface area (Å²) in [4.78, 5) is 17.7. The normalized spacial score (nSPS) is 10.9. The molecule has 0 aliphatic rings. The fraction of sp³-hybridized carbons (Fsp3) is 0.286. The number of ether oxygens (including phenoxy) is 1. The van der Waals surface area contributed by atoms with Crippen LogP contribution in [-0.2, 0) is 17.0 Å². The number of nitrogens with zero attached hydrogens (tertiary/aromatic N) is 3. The molecule has 0 saturated carbocycles. The summed E-state index contributed by atoms with van der Waals surface area (Å²) in [5.74, 6) is 0.648. The molecule has 7 heteroatoms. The lowest BCUT2D eigenvalue weighted by Gasteiger charge is -2.13. The quantitative estimate of drug-likeness (QED) is 0.305. The molecule has 144 valence electrons. The van der Waals surface area contributed by atoms with Gasteiger partial charge in [0.2, 0.25) is 0 Å². The van der Waals surface area contributed by atoms with Crippen LogP contribution in [0, 0.1) is 11.3 Å². The number of aromatic nitrogens is 2. The number of thioether (sulfide) groups is 1. The van der Waals surface area contributed by atoms with Crippen LogP contribution in [0.25, 0.3) is 10.9 Å². The van der Waals surface area contributed by atoms with E-state index in [9.17, 15) is 4.79 Å². The Kier molecular flexibility index (Phi) is 7.10. The number of fused-ring (bicyclic) bond motifs is 1. The van der Waals surface area contributed by atoms with E-state index < -0.39 is 0 Å². The van der Waals surface area contributed by atoms with Crippen LogP contribution in [0.2, 0.25) is 5.02 Å². The first-order valence-corrected chi connectivity index (χ1v) is 10.4. The summed E-state index contributed by atoms with van der Waals surface area (Å²) < 4.78 is 7.11. The van der Waals surface area contributed by atoms with Gasteiger partial charge in [0.25, 0.3) is 5.56 Å². The second-order valence-corrected chi connectivity index (χ2v) is 7.54. The van der Waals surface area contributed by atoms with Crippen LogP contribution in [0.15, 0.2) is 52.4 Å². The molecule has 0 spiro atoms. The highest BCUT2D eigenvalue weighted by Gasteiger charge is 2.12. The van der Waals surface area contributed by atoms with Crippen LogP contribution in [0.3, 0.4) is 0 Å². The maximum Gasteiger partial charge on any atom is 0.262 e. The van der Waals surface area contributed by atoms with E-state index in [0.717, 1.165) is 12.0 Å². The van der Waals surface area contributed by atoms with Crippen molar-refractivity contribution in [3.8, 4) is 6.07 Å². The van der Waals surface area contributed by atoms with Gasteiger partial charge in [0.15, 0.2) is 5.16 Å². The van der Waals surface area contributed by atoms with Gasteiger partial charge in [-0.15, -0.1) is 0 Å². The van der Waals surface area contributed by atoms with Gasteiger partial charge in [-0.25, -0.2) is 4.98 Å². The smallest absolute Gasteiger partial charge is 0.262 e. The molecule has 0 aliphatic carbocycles. The third-order valence-electron chi connectivity index (χ3n) is 4.21. The molecule has 0 aliphatic heterocycles. The van der Waals surface area contributed by atoms with Gasteiger partial charge in [-0.3, -0.25) is 9.36 Å². The molecule has 1 aromatic heterocycles. The van der Waals surface area contributed by atoms with Gasteiger partial charge < -0.3 is 4.74 Å². The summed E-state index contributed by atoms with van der Waals surface area (Å²) >= 11 is 7.58. The summed E-state index contributed by atoms with van der Waals surface area (Å²) in [5, 5.41) is 10.7. The number of hydrogen-bond acceptors (Lipinski definition) is 5. The molecule has 1 heterocycles. The molecule has 2 aromatic carbocycles. The Morgan fingerprint density at radius 3 is 2.75 bits per heavy atom. The van der Waals surface area contributed by atoms with Crippen molar-refractivity contribution in [2.24, 2.45) is 0 Å². The van der Waals surface area contributed by atoms with Gasteiger partial charge >= 0.3 is 0 Å². The predicted molar refractivity (Wildman–Crippen MR) is 113 cm³/mol. The lowest BCUT2D eigenvalue weighted by Crippen LogP contribution is -2.24. The topological polar surface area (TPSA) is 67.9 Å². The van der Waals surface area contributed by atoms with Crippen molar-refractivity contribution in [1.82, 2.24) is 9.55 Å². The zero-order valence-corrected chi connectivity index (χ0v) is 17.1. The maximum atomic E-state index is 13.0. The summed E-state index contributed by atoms with van der Waals surface area (Å²) in [6, 6.07) is 14.7. The number of nitriles is 1. The summed E-state index contributed by atoms with van der Waals surface area (Å²) in [7, 11) is 0. The second-order valence-electron chi connectivity index (χ2n) is 6.16. The lowest BCUT2D eigenvalue weighted by atomic mass is 10.2. The Labute approximate surface area is 172 Å². The molecule has 28 heavy (non-hydrogen) atoms. The third-order valence-corrected chi connectivity index (χ3v) is 5.49. The molecule has 0 N–H and O–H groups in total. The van der Waals surface area contributed by atoms with E-state index in [1.165, 1.54) is 11.8 Å². The highest BCUT2D eigenvalue weighted by molar-refractivity contribution is 7.98. The molecular formula is C21H20ClN3O2S. The average Bonchev–Trinajstić information content (AvgIpc) is 2.71. The Bertz CT molecular complexity index is 1060. The van der Waals surface area contributed by atoms with E-state index in [0.29, 0.717) is 52.2 Å². The minimum Gasteiger partial charge on any atom is -0.382 e. The van der Waals surface area contributed by atoms with E-state index in [2.05, 4.69) is 6.07 Å². The molecular weight excluding hydrogens is 394 g/mol. The van der Waals surface area contributed by atoms with E-state index in [1.807, 2.05) is 19.1 Å². The van der Waals surface area contributed by atoms with Crippen LogP contribution in [-0.4, -0.2) is 22.8 Å². The van der Waals surface area contributed by atoms with Gasteiger partial charge in [0.1, 0.15) is 0 Å². The summed E-state index contributed by atoms with van der Waals surface area (Å²) in [6.07, 6.45) is 0.735. The number of benzene rings is 2. The number of halogens is 1. The summed E-state index contributed by atoms with van der Waals surface area (Å²) in [6.45, 7) is 3.75. The fourth-order valence-electron chi connectivity index (χ4n) is 2.77. The highest BCUT2D eigenvalue weighted by Crippen LogP contribution is 2.24. The molecule has 0 saturated heterocycles. The molecule has 0 bridgehead atoms. The zero-order valence-electron chi connectivity index (χ0n) is 15.5. The molecule has 5 nitrogen and oxygen atoms in total. The molecule has 0 unspecified atom stereocenters.